The molecule has 1 aliphatic rings. The number of hydrogen-bond acceptors (Lipinski definition) is 3. The van der Waals surface area contributed by atoms with Crippen molar-refractivity contribution >= 4 is 29.9 Å². The Bertz CT molecular complexity index is 798. The number of nitrogens with zero attached hydrogens (tertiary/aromatic N) is 1. The number of hydrogen-bond donors (Lipinski definition) is 2. The number of halogens is 1. The van der Waals surface area contributed by atoms with Gasteiger partial charge < -0.3 is 20.5 Å². The highest BCUT2D eigenvalue weighted by atomic mass is 127. The number of benzene rings is 2. The van der Waals surface area contributed by atoms with E-state index in [1.807, 2.05) is 18.2 Å². The Kier molecular flexibility index (Phi) is 7.98. The fourth-order valence-corrected chi connectivity index (χ4v) is 3.70. The van der Waals surface area contributed by atoms with Crippen molar-refractivity contribution in [2.45, 2.75) is 26.2 Å². The van der Waals surface area contributed by atoms with Crippen molar-refractivity contribution in [2.24, 2.45) is 16.1 Å². The van der Waals surface area contributed by atoms with E-state index in [9.17, 15) is 0 Å². The maximum Gasteiger partial charge on any atom is 0.188 e. The summed E-state index contributed by atoms with van der Waals surface area (Å²) in [6.07, 6.45) is 2.95. The Hall–Kier alpha value is -1.96. The van der Waals surface area contributed by atoms with E-state index in [4.69, 9.17) is 15.2 Å². The average Bonchev–Trinajstić information content (AvgIpc) is 3.02. The summed E-state index contributed by atoms with van der Waals surface area (Å²) in [4.78, 5) is 4.59. The third-order valence-electron chi connectivity index (χ3n) is 5.15. The third kappa shape index (κ3) is 5.53. The fraction of sp³-hybridized carbons (Fsp3) is 0.409. The summed E-state index contributed by atoms with van der Waals surface area (Å²) in [6, 6.07) is 14.6. The van der Waals surface area contributed by atoms with Crippen molar-refractivity contribution < 1.29 is 9.47 Å². The monoisotopic (exact) mass is 495 g/mol. The van der Waals surface area contributed by atoms with Crippen LogP contribution in [0.25, 0.3) is 0 Å². The van der Waals surface area contributed by atoms with Crippen LogP contribution in [-0.2, 0) is 19.3 Å². The summed E-state index contributed by atoms with van der Waals surface area (Å²) < 4.78 is 10.6. The van der Waals surface area contributed by atoms with Crippen molar-refractivity contribution in [2.75, 3.05) is 27.3 Å². The maximum atomic E-state index is 6.08. The zero-order valence-electron chi connectivity index (χ0n) is 16.8. The Morgan fingerprint density at radius 2 is 1.71 bits per heavy atom. The van der Waals surface area contributed by atoms with E-state index in [1.165, 1.54) is 11.1 Å². The zero-order valence-corrected chi connectivity index (χ0v) is 19.2. The molecule has 2 aromatic carbocycles. The van der Waals surface area contributed by atoms with Crippen LogP contribution in [0.3, 0.4) is 0 Å². The largest absolute Gasteiger partial charge is 0.493 e. The van der Waals surface area contributed by atoms with Crippen LogP contribution in [0.15, 0.2) is 47.5 Å². The van der Waals surface area contributed by atoms with E-state index < -0.39 is 0 Å². The van der Waals surface area contributed by atoms with Crippen LogP contribution in [-0.4, -0.2) is 33.3 Å². The molecule has 0 spiro atoms. The predicted octanol–water partition coefficient (Wildman–Crippen LogP) is 3.57. The highest BCUT2D eigenvalue weighted by molar-refractivity contribution is 14.0. The Morgan fingerprint density at radius 3 is 2.32 bits per heavy atom. The average molecular weight is 495 g/mol. The molecule has 0 saturated carbocycles. The predicted molar refractivity (Wildman–Crippen MR) is 125 cm³/mol. The quantitative estimate of drug-likeness (QED) is 0.350. The Balaban J connectivity index is 0.00000280. The van der Waals surface area contributed by atoms with Gasteiger partial charge in [0.25, 0.3) is 0 Å². The molecule has 2 aromatic rings. The van der Waals surface area contributed by atoms with Crippen LogP contribution in [0.1, 0.15) is 23.6 Å². The summed E-state index contributed by atoms with van der Waals surface area (Å²) in [5.74, 6) is 1.99. The van der Waals surface area contributed by atoms with E-state index in [-0.39, 0.29) is 29.4 Å². The summed E-state index contributed by atoms with van der Waals surface area (Å²) in [6.45, 7) is 3.74. The van der Waals surface area contributed by atoms with Crippen LogP contribution >= 0.6 is 24.0 Å². The van der Waals surface area contributed by atoms with Crippen LogP contribution in [0.4, 0.5) is 0 Å². The molecule has 28 heavy (non-hydrogen) atoms. The lowest BCUT2D eigenvalue weighted by Gasteiger charge is -2.21. The SMILES string of the molecule is COc1ccc(CCNC(N)=NCC2(C)Cc3ccccc3C2)cc1OC.I. The lowest BCUT2D eigenvalue weighted by Crippen LogP contribution is -2.35. The van der Waals surface area contributed by atoms with Gasteiger partial charge in [0.15, 0.2) is 17.5 Å². The van der Waals surface area contributed by atoms with Crippen LogP contribution in [0.5, 0.6) is 11.5 Å². The minimum absolute atomic E-state index is 0. The van der Waals surface area contributed by atoms with Crippen molar-refractivity contribution in [3.8, 4) is 11.5 Å². The highest BCUT2D eigenvalue weighted by Gasteiger charge is 2.32. The molecule has 3 rings (SSSR count). The summed E-state index contributed by atoms with van der Waals surface area (Å²) >= 11 is 0. The molecule has 0 bridgehead atoms. The van der Waals surface area contributed by atoms with E-state index in [2.05, 4.69) is 41.5 Å². The topological polar surface area (TPSA) is 68.9 Å². The molecular formula is C22H30IN3O2. The second kappa shape index (κ2) is 10.0. The van der Waals surface area contributed by atoms with Gasteiger partial charge in [-0.2, -0.15) is 0 Å². The van der Waals surface area contributed by atoms with Crippen LogP contribution < -0.4 is 20.5 Å². The van der Waals surface area contributed by atoms with E-state index >= 15 is 0 Å². The minimum Gasteiger partial charge on any atom is -0.493 e. The number of aliphatic imine (C=N–C) groups is 1. The molecule has 1 aliphatic carbocycles. The van der Waals surface area contributed by atoms with E-state index in [1.54, 1.807) is 14.2 Å². The normalized spacial score (nSPS) is 14.8. The molecule has 0 aliphatic heterocycles. The van der Waals surface area contributed by atoms with Gasteiger partial charge in [-0.25, -0.2) is 0 Å². The van der Waals surface area contributed by atoms with Gasteiger partial charge in [0.2, 0.25) is 0 Å². The fourth-order valence-electron chi connectivity index (χ4n) is 3.70. The number of nitrogens with two attached hydrogens (primary N) is 1. The van der Waals surface area contributed by atoms with Crippen molar-refractivity contribution in [3.05, 3.63) is 59.2 Å². The van der Waals surface area contributed by atoms with Gasteiger partial charge in [-0.1, -0.05) is 37.3 Å². The first-order valence-electron chi connectivity index (χ1n) is 9.34. The molecule has 0 unspecified atom stereocenters. The molecule has 0 saturated heterocycles. The minimum atomic E-state index is 0. The van der Waals surface area contributed by atoms with Gasteiger partial charge in [0.05, 0.1) is 14.2 Å². The van der Waals surface area contributed by atoms with E-state index in [0.717, 1.165) is 49.4 Å². The summed E-state index contributed by atoms with van der Waals surface area (Å²) in [7, 11) is 3.28. The van der Waals surface area contributed by atoms with Gasteiger partial charge >= 0.3 is 0 Å². The standard InChI is InChI=1S/C22H29N3O2.HI/c1-22(13-17-6-4-5-7-18(17)14-22)15-25-21(23)24-11-10-16-8-9-19(26-2)20(12-16)27-3;/h4-9,12H,10-11,13-15H2,1-3H3,(H3,23,24,25);1H. The molecule has 152 valence electrons. The van der Waals surface area contributed by atoms with Crippen molar-refractivity contribution in [1.82, 2.24) is 5.32 Å². The first-order valence-corrected chi connectivity index (χ1v) is 9.34. The summed E-state index contributed by atoms with van der Waals surface area (Å²) in [5, 5.41) is 3.22. The van der Waals surface area contributed by atoms with Crippen LogP contribution in [0.2, 0.25) is 0 Å². The molecule has 0 amide bonds. The van der Waals surface area contributed by atoms with Gasteiger partial charge in [-0.15, -0.1) is 24.0 Å². The molecule has 3 N–H and O–H groups in total. The lowest BCUT2D eigenvalue weighted by atomic mass is 9.87. The van der Waals surface area contributed by atoms with Crippen molar-refractivity contribution in [1.29, 1.82) is 0 Å². The smallest absolute Gasteiger partial charge is 0.188 e. The van der Waals surface area contributed by atoms with E-state index in [0.29, 0.717) is 5.96 Å². The molecule has 0 radical (unpaired) electrons. The molecule has 0 fully saturated rings. The van der Waals surface area contributed by atoms with Gasteiger partial charge in [0, 0.05) is 13.1 Å². The Labute approximate surface area is 184 Å². The molecule has 0 heterocycles. The Morgan fingerprint density at radius 1 is 1.07 bits per heavy atom. The molecule has 5 nitrogen and oxygen atoms in total. The zero-order chi connectivity index (χ0) is 19.3. The third-order valence-corrected chi connectivity index (χ3v) is 5.15. The highest BCUT2D eigenvalue weighted by Crippen LogP contribution is 2.36. The van der Waals surface area contributed by atoms with Gasteiger partial charge in [-0.05, 0) is 53.5 Å². The van der Waals surface area contributed by atoms with Crippen molar-refractivity contribution in [3.63, 3.8) is 0 Å². The first-order chi connectivity index (χ1) is 13.0. The summed E-state index contributed by atoms with van der Waals surface area (Å²) in [5.41, 5.74) is 10.3. The van der Waals surface area contributed by atoms with Crippen LogP contribution in [0, 0.1) is 5.41 Å². The first kappa shape index (κ1) is 22.3. The number of rotatable bonds is 7. The molecular weight excluding hydrogens is 465 g/mol. The number of guanidine groups is 1. The number of ether oxygens (including phenoxy) is 2. The molecule has 0 aromatic heterocycles. The number of methoxy groups -OCH3 is 2. The van der Waals surface area contributed by atoms with Gasteiger partial charge in [0.1, 0.15) is 0 Å². The molecule has 6 heteroatoms. The molecule has 0 atom stereocenters. The number of nitrogens with one attached hydrogen (secondary N) is 1. The van der Waals surface area contributed by atoms with Gasteiger partial charge in [-0.3, -0.25) is 4.99 Å². The maximum absolute atomic E-state index is 6.08. The number of fused-ring (bicyclic) bond motifs is 1. The lowest BCUT2D eigenvalue weighted by molar-refractivity contribution is 0.354. The second-order valence-electron chi connectivity index (χ2n) is 7.50. The second-order valence-corrected chi connectivity index (χ2v) is 7.50.